The van der Waals surface area contributed by atoms with Crippen molar-refractivity contribution < 1.29 is 4.39 Å². The summed E-state index contributed by atoms with van der Waals surface area (Å²) in [5, 5.41) is 9.62. The molecule has 3 aromatic rings. The number of hydrazone groups is 1. The molecule has 0 aliphatic carbocycles. The minimum Gasteiger partial charge on any atom is -0.266 e. The largest absolute Gasteiger partial charge is 0.292 e. The van der Waals surface area contributed by atoms with Crippen molar-refractivity contribution in [1.29, 1.82) is 0 Å². The lowest BCUT2D eigenvalue weighted by Crippen LogP contribution is -2.24. The standard InChI is InChI=1S/C16H10BrCl2FN4OS/c1-23(21-7-10-3-5-14(17)26-10)13-8-22-24(16(25)15(13)19)9-2-4-12(20)11(18)6-9/h2-8H,1H3. The summed E-state index contributed by atoms with van der Waals surface area (Å²) in [6.45, 7) is 0. The maximum Gasteiger partial charge on any atom is 0.292 e. The van der Waals surface area contributed by atoms with Crippen LogP contribution in [0.4, 0.5) is 10.1 Å². The fourth-order valence-corrected chi connectivity index (χ4v) is 3.77. The summed E-state index contributed by atoms with van der Waals surface area (Å²) >= 11 is 16.9. The van der Waals surface area contributed by atoms with Crippen LogP contribution >= 0.6 is 50.5 Å². The SMILES string of the molecule is CN(N=Cc1ccc(Br)s1)c1cnn(-c2ccc(F)c(Cl)c2)c(=O)c1Cl. The van der Waals surface area contributed by atoms with Gasteiger partial charge in [0.15, 0.2) is 0 Å². The van der Waals surface area contributed by atoms with E-state index < -0.39 is 11.4 Å². The number of halogens is 4. The van der Waals surface area contributed by atoms with E-state index in [1.807, 2.05) is 12.1 Å². The Morgan fingerprint density at radius 3 is 2.77 bits per heavy atom. The summed E-state index contributed by atoms with van der Waals surface area (Å²) in [5.74, 6) is -0.583. The van der Waals surface area contributed by atoms with Crippen LogP contribution in [0.1, 0.15) is 4.88 Å². The van der Waals surface area contributed by atoms with Gasteiger partial charge in [-0.1, -0.05) is 23.2 Å². The Morgan fingerprint density at radius 2 is 2.12 bits per heavy atom. The van der Waals surface area contributed by atoms with Crippen molar-refractivity contribution in [3.05, 3.63) is 71.4 Å². The first-order valence-electron chi connectivity index (χ1n) is 7.13. The molecule has 0 N–H and O–H groups in total. The van der Waals surface area contributed by atoms with Crippen LogP contribution < -0.4 is 10.6 Å². The first-order chi connectivity index (χ1) is 12.4. The molecule has 0 saturated carbocycles. The number of benzene rings is 1. The molecule has 5 nitrogen and oxygen atoms in total. The Bertz CT molecular complexity index is 1050. The van der Waals surface area contributed by atoms with Crippen LogP contribution in [0.2, 0.25) is 10.0 Å². The van der Waals surface area contributed by atoms with Gasteiger partial charge in [0.2, 0.25) is 0 Å². The van der Waals surface area contributed by atoms with Gasteiger partial charge in [-0.2, -0.15) is 14.9 Å². The van der Waals surface area contributed by atoms with E-state index >= 15 is 0 Å². The Balaban J connectivity index is 1.92. The number of thiophene rings is 1. The molecule has 0 bridgehead atoms. The molecule has 26 heavy (non-hydrogen) atoms. The zero-order valence-electron chi connectivity index (χ0n) is 13.2. The van der Waals surface area contributed by atoms with Crippen molar-refractivity contribution >= 4 is 62.4 Å². The molecular formula is C16H10BrCl2FN4OS. The normalized spacial score (nSPS) is 11.3. The number of aromatic nitrogens is 2. The van der Waals surface area contributed by atoms with E-state index in [-0.39, 0.29) is 10.0 Å². The van der Waals surface area contributed by atoms with E-state index in [1.54, 1.807) is 13.3 Å². The monoisotopic (exact) mass is 474 g/mol. The number of nitrogens with zero attached hydrogens (tertiary/aromatic N) is 4. The highest BCUT2D eigenvalue weighted by molar-refractivity contribution is 9.11. The van der Waals surface area contributed by atoms with Gasteiger partial charge in [0.05, 0.1) is 26.9 Å². The summed E-state index contributed by atoms with van der Waals surface area (Å²) in [6.07, 6.45) is 3.06. The second-order valence-corrected chi connectivity index (χ2v) is 8.35. The highest BCUT2D eigenvalue weighted by Crippen LogP contribution is 2.23. The van der Waals surface area contributed by atoms with E-state index in [9.17, 15) is 9.18 Å². The summed E-state index contributed by atoms with van der Waals surface area (Å²) < 4.78 is 15.3. The van der Waals surface area contributed by atoms with E-state index in [4.69, 9.17) is 23.2 Å². The second kappa shape index (κ2) is 7.87. The van der Waals surface area contributed by atoms with Crippen LogP contribution in [0, 0.1) is 5.82 Å². The van der Waals surface area contributed by atoms with Crippen molar-refractivity contribution in [2.75, 3.05) is 12.1 Å². The summed E-state index contributed by atoms with van der Waals surface area (Å²) in [6, 6.07) is 7.67. The lowest BCUT2D eigenvalue weighted by molar-refractivity contribution is 0.627. The van der Waals surface area contributed by atoms with Crippen LogP contribution in [0.5, 0.6) is 0 Å². The van der Waals surface area contributed by atoms with E-state index in [0.717, 1.165) is 19.4 Å². The maximum absolute atomic E-state index is 13.3. The lowest BCUT2D eigenvalue weighted by atomic mass is 10.3. The minimum absolute atomic E-state index is 0.0625. The molecule has 2 aromatic heterocycles. The molecule has 0 atom stereocenters. The van der Waals surface area contributed by atoms with Crippen LogP contribution in [-0.2, 0) is 0 Å². The number of rotatable bonds is 4. The van der Waals surface area contributed by atoms with E-state index in [1.165, 1.54) is 34.7 Å². The van der Waals surface area contributed by atoms with Crippen molar-refractivity contribution in [1.82, 2.24) is 9.78 Å². The van der Waals surface area contributed by atoms with Crippen molar-refractivity contribution in [2.45, 2.75) is 0 Å². The molecule has 0 aliphatic heterocycles. The Kier molecular flexibility index (Phi) is 5.76. The van der Waals surface area contributed by atoms with Crippen molar-refractivity contribution in [3.63, 3.8) is 0 Å². The quantitative estimate of drug-likeness (QED) is 0.395. The average Bonchev–Trinajstić information content (AvgIpc) is 3.03. The number of hydrogen-bond donors (Lipinski definition) is 0. The molecule has 0 saturated heterocycles. The molecule has 2 heterocycles. The highest BCUT2D eigenvalue weighted by atomic mass is 79.9. The second-order valence-electron chi connectivity index (χ2n) is 5.07. The molecular weight excluding hydrogens is 466 g/mol. The fraction of sp³-hybridized carbons (Fsp3) is 0.0625. The third kappa shape index (κ3) is 3.98. The third-order valence-corrected chi connectivity index (χ3v) is 5.55. The van der Waals surface area contributed by atoms with Crippen LogP contribution in [-0.4, -0.2) is 23.0 Å². The van der Waals surface area contributed by atoms with Crippen LogP contribution in [0.25, 0.3) is 5.69 Å². The fourth-order valence-electron chi connectivity index (χ4n) is 2.05. The van der Waals surface area contributed by atoms with E-state index in [0.29, 0.717) is 11.4 Å². The topological polar surface area (TPSA) is 50.5 Å². The smallest absolute Gasteiger partial charge is 0.266 e. The minimum atomic E-state index is -0.583. The summed E-state index contributed by atoms with van der Waals surface area (Å²) in [5.41, 5.74) is 0.0881. The predicted molar refractivity (Wildman–Crippen MR) is 108 cm³/mol. The molecule has 0 unspecified atom stereocenters. The maximum atomic E-state index is 13.3. The van der Waals surface area contributed by atoms with Crippen molar-refractivity contribution in [3.8, 4) is 5.69 Å². The van der Waals surface area contributed by atoms with Gasteiger partial charge >= 0.3 is 0 Å². The summed E-state index contributed by atoms with van der Waals surface area (Å²) in [7, 11) is 1.65. The molecule has 0 amide bonds. The molecule has 0 spiro atoms. The molecule has 0 fully saturated rings. The molecule has 1 aromatic carbocycles. The predicted octanol–water partition coefficient (Wildman–Crippen LogP) is 4.97. The Labute approximate surface area is 170 Å². The first kappa shape index (κ1) is 19.0. The molecule has 10 heteroatoms. The van der Waals surface area contributed by atoms with Crippen molar-refractivity contribution in [2.24, 2.45) is 5.10 Å². The van der Waals surface area contributed by atoms with Gasteiger partial charge < -0.3 is 0 Å². The zero-order chi connectivity index (χ0) is 18.8. The zero-order valence-corrected chi connectivity index (χ0v) is 17.1. The summed E-state index contributed by atoms with van der Waals surface area (Å²) in [4.78, 5) is 13.4. The third-order valence-electron chi connectivity index (χ3n) is 3.35. The molecule has 0 radical (unpaired) electrons. The van der Waals surface area contributed by atoms with Gasteiger partial charge in [-0.15, -0.1) is 11.3 Å². The van der Waals surface area contributed by atoms with Gasteiger partial charge in [-0.3, -0.25) is 9.80 Å². The average molecular weight is 476 g/mol. The van der Waals surface area contributed by atoms with Gasteiger partial charge in [0, 0.05) is 11.9 Å². The van der Waals surface area contributed by atoms with Gasteiger partial charge in [0.1, 0.15) is 16.5 Å². The molecule has 134 valence electrons. The van der Waals surface area contributed by atoms with Gasteiger partial charge in [0.25, 0.3) is 5.56 Å². The van der Waals surface area contributed by atoms with Gasteiger partial charge in [-0.25, -0.2) is 4.39 Å². The lowest BCUT2D eigenvalue weighted by Gasteiger charge is -2.15. The number of anilines is 1. The van der Waals surface area contributed by atoms with Crippen LogP contribution in [0.15, 0.2) is 50.2 Å². The van der Waals surface area contributed by atoms with Crippen LogP contribution in [0.3, 0.4) is 0 Å². The van der Waals surface area contributed by atoms with E-state index in [2.05, 4.69) is 26.1 Å². The Hall–Kier alpha value is -1.74. The van der Waals surface area contributed by atoms with Gasteiger partial charge in [-0.05, 0) is 46.3 Å². The number of hydrogen-bond acceptors (Lipinski definition) is 5. The molecule has 0 aliphatic rings. The Morgan fingerprint density at radius 1 is 1.35 bits per heavy atom. The highest BCUT2D eigenvalue weighted by Gasteiger charge is 2.14. The molecule has 3 rings (SSSR count). The first-order valence-corrected chi connectivity index (χ1v) is 9.49.